The number of aromatic nitrogens is 1. The highest BCUT2D eigenvalue weighted by atomic mass is 16.5. The maximum atomic E-state index is 11.8. The standard InChI is InChI=1S/C15H19N3O2/c1-10-6-7-14-12(8-10)13(18-20-14)9-16-15(19)17-11-4-2-3-5-11/h6-8,11H,2-5,9H2,1H3,(H2,16,17,19). The molecule has 20 heavy (non-hydrogen) atoms. The van der Waals surface area contributed by atoms with E-state index in [1.165, 1.54) is 12.8 Å². The average molecular weight is 273 g/mol. The average Bonchev–Trinajstić information content (AvgIpc) is 3.05. The molecule has 0 radical (unpaired) electrons. The van der Waals surface area contributed by atoms with E-state index in [2.05, 4.69) is 15.8 Å². The second-order valence-corrected chi connectivity index (χ2v) is 5.44. The fourth-order valence-corrected chi connectivity index (χ4v) is 2.70. The van der Waals surface area contributed by atoms with E-state index in [1.807, 2.05) is 25.1 Å². The second-order valence-electron chi connectivity index (χ2n) is 5.44. The summed E-state index contributed by atoms with van der Waals surface area (Å²) in [5.74, 6) is 0. The molecule has 106 valence electrons. The summed E-state index contributed by atoms with van der Waals surface area (Å²) in [5.41, 5.74) is 2.67. The zero-order valence-electron chi connectivity index (χ0n) is 11.6. The quantitative estimate of drug-likeness (QED) is 0.903. The minimum Gasteiger partial charge on any atom is -0.356 e. The molecule has 1 saturated carbocycles. The lowest BCUT2D eigenvalue weighted by atomic mass is 10.1. The van der Waals surface area contributed by atoms with Crippen molar-refractivity contribution >= 4 is 17.0 Å². The Morgan fingerprint density at radius 2 is 2.20 bits per heavy atom. The predicted molar refractivity (Wildman–Crippen MR) is 76.4 cm³/mol. The maximum absolute atomic E-state index is 11.8. The van der Waals surface area contributed by atoms with Gasteiger partial charge in [0.25, 0.3) is 0 Å². The Labute approximate surface area is 117 Å². The molecule has 5 nitrogen and oxygen atoms in total. The summed E-state index contributed by atoms with van der Waals surface area (Å²) in [7, 11) is 0. The number of urea groups is 1. The normalized spacial score (nSPS) is 15.7. The van der Waals surface area contributed by atoms with Crippen molar-refractivity contribution in [2.45, 2.75) is 45.2 Å². The third-order valence-corrected chi connectivity index (χ3v) is 3.81. The number of hydrogen-bond acceptors (Lipinski definition) is 3. The van der Waals surface area contributed by atoms with Crippen molar-refractivity contribution in [3.05, 3.63) is 29.5 Å². The molecule has 0 saturated heterocycles. The van der Waals surface area contributed by atoms with Crippen LogP contribution in [-0.2, 0) is 6.54 Å². The first-order chi connectivity index (χ1) is 9.72. The van der Waals surface area contributed by atoms with E-state index in [9.17, 15) is 4.79 Å². The van der Waals surface area contributed by atoms with Crippen molar-refractivity contribution in [2.24, 2.45) is 0 Å². The van der Waals surface area contributed by atoms with E-state index in [1.54, 1.807) is 0 Å². The molecule has 1 aromatic carbocycles. The molecule has 3 rings (SSSR count). The fourth-order valence-electron chi connectivity index (χ4n) is 2.70. The summed E-state index contributed by atoms with van der Waals surface area (Å²) in [4.78, 5) is 11.8. The number of rotatable bonds is 3. The first-order valence-electron chi connectivity index (χ1n) is 7.11. The van der Waals surface area contributed by atoms with E-state index < -0.39 is 0 Å². The maximum Gasteiger partial charge on any atom is 0.315 e. The molecule has 0 spiro atoms. The van der Waals surface area contributed by atoms with E-state index in [4.69, 9.17) is 4.52 Å². The molecular weight excluding hydrogens is 254 g/mol. The Balaban J connectivity index is 1.61. The van der Waals surface area contributed by atoms with Crippen LogP contribution in [-0.4, -0.2) is 17.2 Å². The van der Waals surface area contributed by atoms with Gasteiger partial charge in [-0.05, 0) is 31.9 Å². The lowest BCUT2D eigenvalue weighted by Gasteiger charge is -2.12. The number of fused-ring (bicyclic) bond motifs is 1. The number of aryl methyl sites for hydroxylation is 1. The molecule has 0 bridgehead atoms. The van der Waals surface area contributed by atoms with Crippen LogP contribution in [0.25, 0.3) is 11.0 Å². The van der Waals surface area contributed by atoms with Crippen LogP contribution in [0.5, 0.6) is 0 Å². The molecule has 1 aliphatic carbocycles. The van der Waals surface area contributed by atoms with Gasteiger partial charge in [0.05, 0.1) is 6.54 Å². The van der Waals surface area contributed by atoms with Crippen LogP contribution in [0.3, 0.4) is 0 Å². The van der Waals surface area contributed by atoms with Gasteiger partial charge in [0.15, 0.2) is 5.58 Å². The van der Waals surface area contributed by atoms with Gasteiger partial charge in [0, 0.05) is 11.4 Å². The van der Waals surface area contributed by atoms with E-state index in [0.717, 1.165) is 35.1 Å². The summed E-state index contributed by atoms with van der Waals surface area (Å²) in [6.07, 6.45) is 4.58. The predicted octanol–water partition coefficient (Wildman–Crippen LogP) is 2.88. The van der Waals surface area contributed by atoms with E-state index >= 15 is 0 Å². The lowest BCUT2D eigenvalue weighted by molar-refractivity contribution is 0.236. The highest BCUT2D eigenvalue weighted by Crippen LogP contribution is 2.20. The Hall–Kier alpha value is -2.04. The minimum atomic E-state index is -0.124. The SMILES string of the molecule is Cc1ccc2onc(CNC(=O)NC3CCCC3)c2c1. The van der Waals surface area contributed by atoms with Crippen molar-refractivity contribution < 1.29 is 9.32 Å². The number of nitrogens with zero attached hydrogens (tertiary/aromatic N) is 1. The first-order valence-corrected chi connectivity index (χ1v) is 7.11. The van der Waals surface area contributed by atoms with E-state index in [0.29, 0.717) is 12.6 Å². The van der Waals surface area contributed by atoms with Crippen LogP contribution in [0.15, 0.2) is 22.7 Å². The third kappa shape index (κ3) is 2.76. The second kappa shape index (κ2) is 5.53. The summed E-state index contributed by atoms with van der Waals surface area (Å²) >= 11 is 0. The van der Waals surface area contributed by atoms with Crippen LogP contribution in [0.1, 0.15) is 36.9 Å². The minimum absolute atomic E-state index is 0.124. The number of carbonyl (C=O) groups is 1. The zero-order valence-corrected chi connectivity index (χ0v) is 11.6. The molecule has 0 atom stereocenters. The van der Waals surface area contributed by atoms with Gasteiger partial charge in [-0.2, -0.15) is 0 Å². The number of amides is 2. The van der Waals surface area contributed by atoms with Gasteiger partial charge in [0.2, 0.25) is 0 Å². The summed E-state index contributed by atoms with van der Waals surface area (Å²) in [6, 6.07) is 6.11. The zero-order chi connectivity index (χ0) is 13.9. The molecular formula is C15H19N3O2. The molecule has 2 amide bonds. The Kier molecular flexibility index (Phi) is 3.58. The number of benzene rings is 1. The first kappa shape index (κ1) is 13.0. The molecule has 2 N–H and O–H groups in total. The van der Waals surface area contributed by atoms with Gasteiger partial charge < -0.3 is 15.2 Å². The van der Waals surface area contributed by atoms with Crippen LogP contribution < -0.4 is 10.6 Å². The highest BCUT2D eigenvalue weighted by Gasteiger charge is 2.17. The Morgan fingerprint density at radius 3 is 3.00 bits per heavy atom. The van der Waals surface area contributed by atoms with Crippen LogP contribution in [0, 0.1) is 6.92 Å². The third-order valence-electron chi connectivity index (χ3n) is 3.81. The molecule has 1 aromatic heterocycles. The van der Waals surface area contributed by atoms with Crippen molar-refractivity contribution in [3.63, 3.8) is 0 Å². The number of nitrogens with one attached hydrogen (secondary N) is 2. The number of carbonyl (C=O) groups excluding carboxylic acids is 1. The van der Waals surface area contributed by atoms with Gasteiger partial charge in [-0.25, -0.2) is 4.79 Å². The molecule has 1 fully saturated rings. The van der Waals surface area contributed by atoms with Crippen molar-refractivity contribution in [1.29, 1.82) is 0 Å². The van der Waals surface area contributed by atoms with Gasteiger partial charge in [0.1, 0.15) is 5.69 Å². The summed E-state index contributed by atoms with van der Waals surface area (Å²) < 4.78 is 5.25. The molecule has 5 heteroatoms. The van der Waals surface area contributed by atoms with E-state index in [-0.39, 0.29) is 6.03 Å². The summed E-state index contributed by atoms with van der Waals surface area (Å²) in [5, 5.41) is 10.8. The summed E-state index contributed by atoms with van der Waals surface area (Å²) in [6.45, 7) is 2.41. The lowest BCUT2D eigenvalue weighted by Crippen LogP contribution is -2.40. The number of hydrogen-bond donors (Lipinski definition) is 2. The van der Waals surface area contributed by atoms with Crippen molar-refractivity contribution in [1.82, 2.24) is 15.8 Å². The van der Waals surface area contributed by atoms with Gasteiger partial charge in [-0.15, -0.1) is 0 Å². The molecule has 1 aliphatic rings. The Morgan fingerprint density at radius 1 is 1.40 bits per heavy atom. The largest absolute Gasteiger partial charge is 0.356 e. The molecule has 1 heterocycles. The molecule has 0 aliphatic heterocycles. The van der Waals surface area contributed by atoms with Gasteiger partial charge in [-0.1, -0.05) is 29.6 Å². The van der Waals surface area contributed by atoms with Crippen LogP contribution in [0.4, 0.5) is 4.79 Å². The van der Waals surface area contributed by atoms with Gasteiger partial charge in [-0.3, -0.25) is 0 Å². The van der Waals surface area contributed by atoms with Crippen molar-refractivity contribution in [2.75, 3.05) is 0 Å². The van der Waals surface area contributed by atoms with Crippen LogP contribution in [0.2, 0.25) is 0 Å². The van der Waals surface area contributed by atoms with Gasteiger partial charge >= 0.3 is 6.03 Å². The van der Waals surface area contributed by atoms with Crippen LogP contribution >= 0.6 is 0 Å². The topological polar surface area (TPSA) is 67.2 Å². The highest BCUT2D eigenvalue weighted by molar-refractivity contribution is 5.81. The monoisotopic (exact) mass is 273 g/mol. The Bertz CT molecular complexity index is 615. The fraction of sp³-hybridized carbons (Fsp3) is 0.467. The smallest absolute Gasteiger partial charge is 0.315 e. The van der Waals surface area contributed by atoms with Crippen molar-refractivity contribution in [3.8, 4) is 0 Å². The molecule has 0 unspecified atom stereocenters. The molecule has 2 aromatic rings.